The monoisotopic (exact) mass is 365 g/mol. The van der Waals surface area contributed by atoms with Crippen LogP contribution in [0.25, 0.3) is 10.9 Å². The summed E-state index contributed by atoms with van der Waals surface area (Å²) in [7, 11) is 0. The second-order valence-electron chi connectivity index (χ2n) is 5.08. The average Bonchev–Trinajstić information content (AvgIpc) is 3.00. The third-order valence-electron chi connectivity index (χ3n) is 3.40. The molecule has 0 aliphatic rings. The number of halogens is 2. The van der Waals surface area contributed by atoms with Gasteiger partial charge in [-0.3, -0.25) is 9.59 Å². The first-order valence-electron chi connectivity index (χ1n) is 7.02. The number of nitrogens with two attached hydrogens (primary N) is 1. The van der Waals surface area contributed by atoms with Crippen LogP contribution in [0.15, 0.2) is 29.1 Å². The van der Waals surface area contributed by atoms with Crippen molar-refractivity contribution in [3.63, 3.8) is 0 Å². The van der Waals surface area contributed by atoms with Gasteiger partial charge in [-0.25, -0.2) is 4.98 Å². The number of carbonyl (C=O) groups excluding carboxylic acids is 1. The average molecular weight is 366 g/mol. The van der Waals surface area contributed by atoms with Crippen molar-refractivity contribution in [1.82, 2.24) is 20.3 Å². The summed E-state index contributed by atoms with van der Waals surface area (Å²) in [6.45, 7) is 0.206. The van der Waals surface area contributed by atoms with E-state index in [0.717, 1.165) is 0 Å². The number of nitrogens with zero attached hydrogens (tertiary/aromatic N) is 1. The van der Waals surface area contributed by atoms with Crippen LogP contribution in [-0.4, -0.2) is 20.9 Å². The molecule has 3 rings (SSSR count). The number of H-pyrrole nitrogens is 2. The topological polar surface area (TPSA) is 117 Å². The molecule has 24 heavy (non-hydrogen) atoms. The Morgan fingerprint density at radius 1 is 1.25 bits per heavy atom. The van der Waals surface area contributed by atoms with E-state index in [1.807, 2.05) is 0 Å². The van der Waals surface area contributed by atoms with Crippen LogP contribution < -0.4 is 16.6 Å². The maximum atomic E-state index is 12.3. The molecule has 2 aromatic heterocycles. The van der Waals surface area contributed by atoms with Crippen LogP contribution in [0.3, 0.4) is 0 Å². The van der Waals surface area contributed by atoms with Crippen molar-refractivity contribution < 1.29 is 4.79 Å². The maximum Gasteiger partial charge on any atom is 0.268 e. The molecule has 0 aliphatic heterocycles. The van der Waals surface area contributed by atoms with Crippen LogP contribution in [0, 0.1) is 0 Å². The first-order valence-corrected chi connectivity index (χ1v) is 7.77. The van der Waals surface area contributed by atoms with E-state index in [-0.39, 0.29) is 24.6 Å². The van der Waals surface area contributed by atoms with Gasteiger partial charge in [-0.1, -0.05) is 23.2 Å². The van der Waals surface area contributed by atoms with Gasteiger partial charge in [0.25, 0.3) is 11.5 Å². The molecule has 1 aromatic carbocycles. The van der Waals surface area contributed by atoms with Crippen molar-refractivity contribution >= 4 is 40.0 Å². The van der Waals surface area contributed by atoms with Gasteiger partial charge in [-0.2, -0.15) is 0 Å². The van der Waals surface area contributed by atoms with Crippen molar-refractivity contribution in [2.24, 2.45) is 5.73 Å². The number of amides is 1. The molecule has 124 valence electrons. The lowest BCUT2D eigenvalue weighted by Crippen LogP contribution is -2.26. The molecule has 7 nitrogen and oxygen atoms in total. The van der Waals surface area contributed by atoms with E-state index in [9.17, 15) is 9.59 Å². The highest BCUT2D eigenvalue weighted by Gasteiger charge is 2.13. The van der Waals surface area contributed by atoms with E-state index in [0.29, 0.717) is 38.2 Å². The Hall–Kier alpha value is -2.35. The quantitative estimate of drug-likeness (QED) is 0.565. The normalized spacial score (nSPS) is 11.0. The Bertz CT molecular complexity index is 980. The highest BCUT2D eigenvalue weighted by Crippen LogP contribution is 2.31. The molecule has 2 heterocycles. The van der Waals surface area contributed by atoms with Gasteiger partial charge in [0, 0.05) is 23.5 Å². The molecule has 5 N–H and O–H groups in total. The fourth-order valence-corrected chi connectivity index (χ4v) is 2.66. The Balaban J connectivity index is 1.79. The summed E-state index contributed by atoms with van der Waals surface area (Å²) in [5.41, 5.74) is 6.63. The molecule has 0 spiro atoms. The van der Waals surface area contributed by atoms with Gasteiger partial charge in [0.05, 0.1) is 22.3 Å². The van der Waals surface area contributed by atoms with Gasteiger partial charge in [0.1, 0.15) is 11.5 Å². The highest BCUT2D eigenvalue weighted by atomic mass is 35.5. The summed E-state index contributed by atoms with van der Waals surface area (Å²) in [6, 6.07) is 6.32. The summed E-state index contributed by atoms with van der Waals surface area (Å²) in [5.74, 6) is -0.0346. The Labute approximate surface area is 146 Å². The summed E-state index contributed by atoms with van der Waals surface area (Å²) in [6.07, 6.45) is 0. The number of carbonyl (C=O) groups is 1. The van der Waals surface area contributed by atoms with Crippen molar-refractivity contribution in [1.29, 1.82) is 0 Å². The van der Waals surface area contributed by atoms with Crippen molar-refractivity contribution in [2.75, 3.05) is 0 Å². The molecular weight excluding hydrogens is 353 g/mol. The lowest BCUT2D eigenvalue weighted by Gasteiger charge is -2.04. The second kappa shape index (κ2) is 6.64. The number of nitrogens with one attached hydrogen (secondary N) is 3. The number of aromatic amines is 2. The Morgan fingerprint density at radius 2 is 2.04 bits per heavy atom. The van der Waals surface area contributed by atoms with Gasteiger partial charge in [-0.05, 0) is 18.2 Å². The van der Waals surface area contributed by atoms with E-state index in [2.05, 4.69) is 20.3 Å². The number of hydrogen-bond acceptors (Lipinski definition) is 4. The minimum Gasteiger partial charge on any atom is -0.350 e. The Kier molecular flexibility index (Phi) is 4.57. The van der Waals surface area contributed by atoms with E-state index in [1.54, 1.807) is 18.2 Å². The fraction of sp³-hybridized carbons (Fsp3) is 0.133. The summed E-state index contributed by atoms with van der Waals surface area (Å²) >= 11 is 12.1. The predicted octanol–water partition coefficient (Wildman–Crippen LogP) is 1.95. The van der Waals surface area contributed by atoms with E-state index in [1.165, 1.54) is 6.07 Å². The molecule has 3 aromatic rings. The van der Waals surface area contributed by atoms with Crippen molar-refractivity contribution in [3.05, 3.63) is 61.9 Å². The van der Waals surface area contributed by atoms with Gasteiger partial charge in [-0.15, -0.1) is 0 Å². The zero-order valence-electron chi connectivity index (χ0n) is 12.3. The predicted molar refractivity (Wildman–Crippen MR) is 92.2 cm³/mol. The standard InChI is InChI=1S/C15H13Cl2N5O2/c16-9-1-2-10-8(14(9)17)4-11(21-10)15(24)19-6-12-20-7(5-18)3-13(23)22-12/h1-4,21H,5-6,18H2,(H,19,24)(H,20,22,23). The second-order valence-corrected chi connectivity index (χ2v) is 5.86. The van der Waals surface area contributed by atoms with Crippen LogP contribution in [0.2, 0.25) is 10.0 Å². The molecule has 1 amide bonds. The van der Waals surface area contributed by atoms with Crippen molar-refractivity contribution in [2.45, 2.75) is 13.1 Å². The lowest BCUT2D eigenvalue weighted by molar-refractivity contribution is 0.0945. The third-order valence-corrected chi connectivity index (χ3v) is 4.22. The molecule has 0 atom stereocenters. The van der Waals surface area contributed by atoms with E-state index < -0.39 is 0 Å². The Morgan fingerprint density at radius 3 is 2.79 bits per heavy atom. The highest BCUT2D eigenvalue weighted by molar-refractivity contribution is 6.45. The number of fused-ring (bicyclic) bond motifs is 1. The van der Waals surface area contributed by atoms with Crippen LogP contribution in [0.4, 0.5) is 0 Å². The number of rotatable bonds is 4. The fourth-order valence-electron chi connectivity index (χ4n) is 2.27. The van der Waals surface area contributed by atoms with E-state index >= 15 is 0 Å². The van der Waals surface area contributed by atoms with E-state index in [4.69, 9.17) is 28.9 Å². The molecule has 0 saturated carbocycles. The first kappa shape index (κ1) is 16.5. The molecule has 0 saturated heterocycles. The molecule has 0 aliphatic carbocycles. The molecule has 0 radical (unpaired) electrons. The van der Waals surface area contributed by atoms with Gasteiger partial charge < -0.3 is 21.0 Å². The zero-order chi connectivity index (χ0) is 17.3. The number of hydrogen-bond donors (Lipinski definition) is 4. The zero-order valence-corrected chi connectivity index (χ0v) is 13.8. The van der Waals surface area contributed by atoms with Gasteiger partial charge >= 0.3 is 0 Å². The number of benzene rings is 1. The van der Waals surface area contributed by atoms with Crippen LogP contribution in [0.5, 0.6) is 0 Å². The first-order chi connectivity index (χ1) is 11.5. The summed E-state index contributed by atoms with van der Waals surface area (Å²) < 4.78 is 0. The van der Waals surface area contributed by atoms with Crippen LogP contribution in [0.1, 0.15) is 22.0 Å². The largest absolute Gasteiger partial charge is 0.350 e. The molecule has 0 fully saturated rings. The van der Waals surface area contributed by atoms with Crippen LogP contribution in [-0.2, 0) is 13.1 Å². The molecule has 0 bridgehead atoms. The minimum absolute atomic E-state index is 0.0613. The lowest BCUT2D eigenvalue weighted by atomic mass is 10.2. The molecule has 9 heteroatoms. The number of aromatic nitrogens is 3. The molecular formula is C15H13Cl2N5O2. The van der Waals surface area contributed by atoms with Crippen LogP contribution >= 0.6 is 23.2 Å². The molecule has 0 unspecified atom stereocenters. The van der Waals surface area contributed by atoms with Gasteiger partial charge in [0.2, 0.25) is 0 Å². The van der Waals surface area contributed by atoms with Crippen molar-refractivity contribution in [3.8, 4) is 0 Å². The van der Waals surface area contributed by atoms with Gasteiger partial charge in [0.15, 0.2) is 0 Å². The maximum absolute atomic E-state index is 12.3. The third kappa shape index (κ3) is 3.28. The summed E-state index contributed by atoms with van der Waals surface area (Å²) in [5, 5.41) is 4.12. The SMILES string of the molecule is NCc1cc(=O)[nH]c(CNC(=O)c2cc3c(Cl)c(Cl)ccc3[nH]2)n1. The minimum atomic E-state index is -0.362. The smallest absolute Gasteiger partial charge is 0.268 e. The summed E-state index contributed by atoms with van der Waals surface area (Å²) in [4.78, 5) is 33.4.